The average molecular weight is 218 g/mol. The summed E-state index contributed by atoms with van der Waals surface area (Å²) >= 11 is 0. The minimum Gasteiger partial charge on any atom is -0.268 e. The Labute approximate surface area is 92.0 Å². The zero-order chi connectivity index (χ0) is 11.7. The number of hydrogen-bond donors (Lipinski definition) is 1. The molecular formula is C12H11FN2O. The van der Waals surface area contributed by atoms with Gasteiger partial charge in [-0.05, 0) is 43.2 Å². The Balaban J connectivity index is 2.56. The molecular weight excluding hydrogens is 207 g/mol. The third kappa shape index (κ3) is 1.86. The first-order valence-corrected chi connectivity index (χ1v) is 4.91. The van der Waals surface area contributed by atoms with Gasteiger partial charge in [0.25, 0.3) is 5.56 Å². The van der Waals surface area contributed by atoms with E-state index >= 15 is 0 Å². The summed E-state index contributed by atoms with van der Waals surface area (Å²) in [6, 6.07) is 6.21. The second kappa shape index (κ2) is 3.89. The number of rotatable bonds is 1. The van der Waals surface area contributed by atoms with Crippen LogP contribution in [0.15, 0.2) is 29.1 Å². The maximum absolute atomic E-state index is 13.5. The number of nitrogens with one attached hydrogen (secondary N) is 1. The predicted molar refractivity (Wildman–Crippen MR) is 59.7 cm³/mol. The van der Waals surface area contributed by atoms with Gasteiger partial charge in [-0.3, -0.25) is 4.79 Å². The van der Waals surface area contributed by atoms with Crippen molar-refractivity contribution in [1.82, 2.24) is 10.2 Å². The highest BCUT2D eigenvalue weighted by Crippen LogP contribution is 2.21. The van der Waals surface area contributed by atoms with Gasteiger partial charge in [0.1, 0.15) is 5.82 Å². The summed E-state index contributed by atoms with van der Waals surface area (Å²) in [5.74, 6) is -0.261. The Bertz CT molecular complexity index is 546. The van der Waals surface area contributed by atoms with E-state index in [9.17, 15) is 9.18 Å². The molecule has 0 unspecified atom stereocenters. The zero-order valence-electron chi connectivity index (χ0n) is 9.04. The van der Waals surface area contributed by atoms with Crippen molar-refractivity contribution >= 4 is 0 Å². The van der Waals surface area contributed by atoms with E-state index in [1.54, 1.807) is 13.0 Å². The van der Waals surface area contributed by atoms with Crippen molar-refractivity contribution in [3.8, 4) is 11.3 Å². The molecule has 4 heteroatoms. The van der Waals surface area contributed by atoms with Crippen LogP contribution in [0.3, 0.4) is 0 Å². The molecule has 0 amide bonds. The maximum Gasteiger partial charge on any atom is 0.264 e. The molecule has 0 saturated heterocycles. The molecule has 1 aromatic carbocycles. The number of benzene rings is 1. The van der Waals surface area contributed by atoms with Crippen LogP contribution in [0.5, 0.6) is 0 Å². The van der Waals surface area contributed by atoms with Crippen LogP contribution < -0.4 is 5.56 Å². The number of nitrogens with zero attached hydrogens (tertiary/aromatic N) is 1. The lowest BCUT2D eigenvalue weighted by Crippen LogP contribution is -2.05. The fraction of sp³-hybridized carbons (Fsp3) is 0.167. The van der Waals surface area contributed by atoms with E-state index < -0.39 is 0 Å². The Morgan fingerprint density at radius 2 is 2.00 bits per heavy atom. The van der Waals surface area contributed by atoms with Crippen LogP contribution in [-0.4, -0.2) is 10.2 Å². The summed E-state index contributed by atoms with van der Waals surface area (Å²) in [6.07, 6.45) is 0. The van der Waals surface area contributed by atoms with Gasteiger partial charge in [-0.15, -0.1) is 0 Å². The second-order valence-corrected chi connectivity index (χ2v) is 3.71. The van der Waals surface area contributed by atoms with Crippen LogP contribution >= 0.6 is 0 Å². The highest BCUT2D eigenvalue weighted by Gasteiger charge is 2.06. The van der Waals surface area contributed by atoms with Gasteiger partial charge < -0.3 is 0 Å². The van der Waals surface area contributed by atoms with E-state index in [0.717, 1.165) is 5.56 Å². The van der Waals surface area contributed by atoms with Gasteiger partial charge in [0, 0.05) is 11.6 Å². The van der Waals surface area contributed by atoms with Crippen molar-refractivity contribution < 1.29 is 4.39 Å². The molecule has 0 aliphatic rings. The Morgan fingerprint density at radius 1 is 1.25 bits per heavy atom. The maximum atomic E-state index is 13.5. The van der Waals surface area contributed by atoms with Crippen molar-refractivity contribution in [2.24, 2.45) is 0 Å². The van der Waals surface area contributed by atoms with Crippen molar-refractivity contribution in [3.63, 3.8) is 0 Å². The van der Waals surface area contributed by atoms with Crippen LogP contribution in [0.2, 0.25) is 0 Å². The van der Waals surface area contributed by atoms with Gasteiger partial charge >= 0.3 is 0 Å². The molecule has 1 heterocycles. The van der Waals surface area contributed by atoms with E-state index in [-0.39, 0.29) is 11.4 Å². The van der Waals surface area contributed by atoms with E-state index in [1.165, 1.54) is 12.1 Å². The molecule has 0 saturated carbocycles. The molecule has 1 N–H and O–H groups in total. The predicted octanol–water partition coefficient (Wildman–Crippen LogP) is 2.19. The number of aryl methyl sites for hydroxylation is 1. The van der Waals surface area contributed by atoms with Gasteiger partial charge in [-0.25, -0.2) is 9.49 Å². The lowest BCUT2D eigenvalue weighted by atomic mass is 10.0. The first kappa shape index (κ1) is 10.5. The quantitative estimate of drug-likeness (QED) is 0.797. The summed E-state index contributed by atoms with van der Waals surface area (Å²) in [5, 5.41) is 6.18. The normalized spacial score (nSPS) is 10.4. The van der Waals surface area contributed by atoms with E-state index in [4.69, 9.17) is 0 Å². The third-order valence-electron chi connectivity index (χ3n) is 2.58. The smallest absolute Gasteiger partial charge is 0.264 e. The average Bonchev–Trinajstić information content (AvgIpc) is 2.26. The summed E-state index contributed by atoms with van der Waals surface area (Å²) < 4.78 is 13.5. The minimum atomic E-state index is -0.270. The van der Waals surface area contributed by atoms with Crippen LogP contribution in [0.1, 0.15) is 11.1 Å². The van der Waals surface area contributed by atoms with Crippen molar-refractivity contribution in [1.29, 1.82) is 0 Å². The van der Waals surface area contributed by atoms with Gasteiger partial charge in [-0.1, -0.05) is 0 Å². The zero-order valence-corrected chi connectivity index (χ0v) is 9.04. The number of H-pyrrole nitrogens is 1. The number of aromatic nitrogens is 2. The molecule has 2 rings (SSSR count). The van der Waals surface area contributed by atoms with Gasteiger partial charge in [0.15, 0.2) is 0 Å². The number of hydrogen-bond acceptors (Lipinski definition) is 2. The summed E-state index contributed by atoms with van der Waals surface area (Å²) in [5.41, 5.74) is 2.45. The second-order valence-electron chi connectivity index (χ2n) is 3.71. The first-order chi connectivity index (χ1) is 7.58. The fourth-order valence-corrected chi connectivity index (χ4v) is 1.47. The minimum absolute atomic E-state index is 0.261. The molecule has 2 aromatic rings. The summed E-state index contributed by atoms with van der Waals surface area (Å²) in [4.78, 5) is 10.8. The largest absolute Gasteiger partial charge is 0.268 e. The molecule has 3 nitrogen and oxygen atoms in total. The van der Waals surface area contributed by atoms with Gasteiger partial charge in [0.2, 0.25) is 0 Å². The highest BCUT2D eigenvalue weighted by atomic mass is 19.1. The van der Waals surface area contributed by atoms with Crippen LogP contribution in [0, 0.1) is 19.7 Å². The molecule has 0 atom stereocenters. The van der Waals surface area contributed by atoms with Gasteiger partial charge in [0.05, 0.1) is 5.69 Å². The summed E-state index contributed by atoms with van der Waals surface area (Å²) in [7, 11) is 0. The highest BCUT2D eigenvalue weighted by molar-refractivity contribution is 5.60. The topological polar surface area (TPSA) is 45.8 Å². The van der Waals surface area contributed by atoms with Crippen molar-refractivity contribution in [2.45, 2.75) is 13.8 Å². The summed E-state index contributed by atoms with van der Waals surface area (Å²) in [6.45, 7) is 3.57. The van der Waals surface area contributed by atoms with E-state index in [0.29, 0.717) is 16.8 Å². The first-order valence-electron chi connectivity index (χ1n) is 4.91. The molecule has 0 fully saturated rings. The van der Waals surface area contributed by atoms with E-state index in [2.05, 4.69) is 10.2 Å². The molecule has 82 valence electrons. The van der Waals surface area contributed by atoms with Crippen molar-refractivity contribution in [3.05, 3.63) is 51.6 Å². The van der Waals surface area contributed by atoms with Crippen LogP contribution in [0.25, 0.3) is 11.3 Å². The lowest BCUT2D eigenvalue weighted by molar-refractivity contribution is 0.617. The Hall–Kier alpha value is -1.97. The Morgan fingerprint density at radius 3 is 2.56 bits per heavy atom. The number of halogens is 1. The molecule has 0 aliphatic carbocycles. The standard InChI is InChI=1S/C12H11FN2O/c1-7-5-9(6-10(13)8(7)2)11-3-4-12(16)15-14-11/h3-6H,1-2H3,(H,15,16). The van der Waals surface area contributed by atoms with Crippen LogP contribution in [0.4, 0.5) is 4.39 Å². The van der Waals surface area contributed by atoms with Crippen molar-refractivity contribution in [2.75, 3.05) is 0 Å². The van der Waals surface area contributed by atoms with E-state index in [1.807, 2.05) is 13.0 Å². The lowest BCUT2D eigenvalue weighted by Gasteiger charge is -2.05. The molecule has 0 radical (unpaired) electrons. The fourth-order valence-electron chi connectivity index (χ4n) is 1.47. The monoisotopic (exact) mass is 218 g/mol. The van der Waals surface area contributed by atoms with Crippen LogP contribution in [-0.2, 0) is 0 Å². The Kier molecular flexibility index (Phi) is 2.56. The number of aromatic amines is 1. The molecule has 0 aliphatic heterocycles. The molecule has 0 bridgehead atoms. The third-order valence-corrected chi connectivity index (χ3v) is 2.58. The SMILES string of the molecule is Cc1cc(-c2ccc(=O)[nH]n2)cc(F)c1C. The van der Waals surface area contributed by atoms with Gasteiger partial charge in [-0.2, -0.15) is 5.10 Å². The molecule has 16 heavy (non-hydrogen) atoms. The molecule has 0 spiro atoms. The molecule has 1 aromatic heterocycles.